The lowest BCUT2D eigenvalue weighted by Gasteiger charge is -2.39. The number of carbonyl (C=O) groups is 11. The van der Waals surface area contributed by atoms with Gasteiger partial charge in [0.05, 0.1) is 68.0 Å². The molecule has 2 aliphatic carbocycles. The van der Waals surface area contributed by atoms with Crippen molar-refractivity contribution >= 4 is 70.6 Å². The van der Waals surface area contributed by atoms with Crippen LogP contribution in [-0.4, -0.2) is 209 Å². The van der Waals surface area contributed by atoms with E-state index in [1.807, 2.05) is 91.8 Å². The van der Waals surface area contributed by atoms with Crippen molar-refractivity contribution in [2.24, 2.45) is 58.8 Å². The van der Waals surface area contributed by atoms with Crippen molar-refractivity contribution in [1.82, 2.24) is 31.5 Å². The molecule has 696 valence electrons. The number of hydrogen-bond donors (Lipinski definition) is 10. The third kappa shape index (κ3) is 33.0. The molecule has 125 heavy (non-hydrogen) atoms. The maximum atomic E-state index is 13.7. The van der Waals surface area contributed by atoms with Crippen molar-refractivity contribution in [3.8, 4) is 0 Å². The first-order chi connectivity index (χ1) is 58.4. The van der Waals surface area contributed by atoms with Crippen molar-refractivity contribution in [3.05, 3.63) is 114 Å². The Kier molecular flexibility index (Phi) is 40.8. The lowest BCUT2D eigenvalue weighted by Crippen LogP contribution is -2.50. The van der Waals surface area contributed by atoms with Gasteiger partial charge in [-0.05, 0) is 176 Å². The Labute approximate surface area is 740 Å². The standard InChI is InChI=1S/C62H89N7O14.C32H50N2O6.2CH4/c1-37(2)14-23-54(73)67-49-28-40(6)51(82-41(49)7)21-15-39(5)16-22-52-58(76)62(36-81-62)34-48(83-52)33-47(70)31-43-29-46(30-43)66-61(79)80-35-42-17-19-45(20-18-42)65-59(77)44(12-11-26-64-60(63)78)32-50(71)57(38(3)4)68-53(72)13-9-8-10-27-69-55(74)24-25-56(69)75;1-19(2)6-11-30(36)34-27-12-21(4)28(39-22(27)5)9-7-20(3)8-10-29-31(37)32(18-38-32)17-26(40-29)16-25(35)15-23-13-24(33)14-23;;/h14-20,22-25,37-38,40-41,43-44,46,48-49,51-52,57-58,76H,8-13,21,26-36H2,1-7H3,(H,65,77)(H,66,79)(H,67,73)(H,68,72)(H3,63,64,78);6-8,10-11,19,21-24,26-29,31,37H,9,12-18,33H2,1-5H3,(H,34,36);2*1H4/b22-16+,23-14-,39-15+;10-8+,11-6-,20-7+;;/t40-,41+,43?,44+,46?,48+,49+,51-,52+,57-,58+,62+;21-,22+,23?,24?,26+,27+,28-,29+,31+,32+;;/m00../s1. The van der Waals surface area contributed by atoms with E-state index < -0.39 is 71.7 Å². The summed E-state index contributed by atoms with van der Waals surface area (Å²) in [5.74, 6) is -1.12. The highest BCUT2D eigenvalue weighted by Crippen LogP contribution is 2.46. The minimum absolute atomic E-state index is 0. The smallest absolute Gasteiger partial charge is 0.407 e. The molecule has 1 aromatic rings. The van der Waals surface area contributed by atoms with Crippen LogP contribution in [0.25, 0.3) is 0 Å². The number of ether oxygens (including phenoxy) is 7. The number of aliphatic hydroxyl groups is 2. The first-order valence-corrected chi connectivity index (χ1v) is 44.8. The highest BCUT2D eigenvalue weighted by atomic mass is 16.6. The molecule has 0 radical (unpaired) electrons. The minimum Gasteiger partial charge on any atom is -0.445 e. The van der Waals surface area contributed by atoms with Crippen LogP contribution in [0.4, 0.5) is 15.3 Å². The van der Waals surface area contributed by atoms with Crippen LogP contribution in [0.2, 0.25) is 0 Å². The van der Waals surface area contributed by atoms with Gasteiger partial charge < -0.3 is 86.7 Å². The van der Waals surface area contributed by atoms with Crippen LogP contribution in [0.5, 0.6) is 0 Å². The minimum atomic E-state index is -0.869. The van der Waals surface area contributed by atoms with E-state index in [4.69, 9.17) is 44.6 Å². The summed E-state index contributed by atoms with van der Waals surface area (Å²) in [5, 5.41) is 39.4. The van der Waals surface area contributed by atoms with E-state index in [2.05, 4.69) is 57.9 Å². The molecule has 2 saturated carbocycles. The van der Waals surface area contributed by atoms with Crippen LogP contribution in [0, 0.1) is 47.3 Å². The number of epoxide rings is 2. The number of primary amides is 1. The Morgan fingerprint density at radius 1 is 0.624 bits per heavy atom. The van der Waals surface area contributed by atoms with Crippen LogP contribution in [0.1, 0.15) is 238 Å². The second-order valence-corrected chi connectivity index (χ2v) is 37.2. The zero-order valence-corrected chi connectivity index (χ0v) is 74.2. The molecule has 7 heterocycles. The molecule has 0 aromatic heterocycles. The van der Waals surface area contributed by atoms with Gasteiger partial charge in [0.2, 0.25) is 23.6 Å². The number of amides is 9. The van der Waals surface area contributed by atoms with Gasteiger partial charge in [-0.25, -0.2) is 9.59 Å². The second kappa shape index (κ2) is 49.2. The fourth-order valence-electron chi connectivity index (χ4n) is 17.4. The normalized spacial score (nSPS) is 30.6. The molecule has 12 N–H and O–H groups in total. The molecule has 8 fully saturated rings. The number of benzene rings is 1. The number of unbranched alkanes of at least 4 members (excludes halogenated alkanes) is 2. The number of nitrogens with zero attached hydrogens (tertiary/aromatic N) is 1. The Hall–Kier alpha value is -8.39. The number of rotatable bonds is 42. The number of ketones is 3. The SMILES string of the molecule is C.C.CC(/C=C/[C@H]1O[C@H](CC(=O)CC2CC(N)C2)C[C@@]2(CO2)[C@@H]1O)=C\C[C@@H]1O[C@H](C)[C@H](NC(=O)/C=C\C(C)C)C[C@@H]1C.CC(/C=C/[C@H]1O[C@H](CC(=O)CC2CC(NC(=O)OCc3ccc(NC(=O)[C@H](CCCNC(N)=O)CC(=O)[C@@H](NC(=O)CCCCCN4C(=O)C=CC4=O)C(C)C)cc3)C2)C[C@@]2(CO2)[C@@H]1O)=C\C[C@@H]1O[C@H](C)[C@H](NC(=O)/C=C\C(C)C)C[C@@H]1C. The van der Waals surface area contributed by atoms with E-state index >= 15 is 0 Å². The second-order valence-electron chi connectivity index (χ2n) is 37.2. The molecule has 0 bridgehead atoms. The molecule has 10 rings (SSSR count). The number of carbonyl (C=O) groups excluding carboxylic acids is 11. The van der Waals surface area contributed by atoms with Crippen LogP contribution < -0.4 is 43.4 Å². The Balaban J connectivity index is 0.000000426. The first-order valence-electron chi connectivity index (χ1n) is 44.8. The summed E-state index contributed by atoms with van der Waals surface area (Å²) in [5.41, 5.74) is 12.9. The quantitative estimate of drug-likeness (QED) is 0.00955. The molecular formula is C96H147N9O20. The van der Waals surface area contributed by atoms with E-state index in [9.17, 15) is 63.0 Å². The molecule has 7 aliphatic heterocycles. The molecule has 29 nitrogen and oxygen atoms in total. The number of anilines is 1. The zero-order chi connectivity index (χ0) is 89.4. The van der Waals surface area contributed by atoms with Gasteiger partial charge in [0.15, 0.2) is 5.78 Å². The topological polar surface area (TPSA) is 427 Å². The largest absolute Gasteiger partial charge is 0.445 e. The average Bonchev–Trinajstić information content (AvgIpc) is 1.60. The van der Waals surface area contributed by atoms with Gasteiger partial charge in [-0.1, -0.05) is 149 Å². The van der Waals surface area contributed by atoms with Crippen LogP contribution >= 0.6 is 0 Å². The van der Waals surface area contributed by atoms with Crippen molar-refractivity contribution in [2.75, 3.05) is 31.6 Å². The van der Waals surface area contributed by atoms with E-state index in [1.54, 1.807) is 50.3 Å². The van der Waals surface area contributed by atoms with Gasteiger partial charge in [-0.3, -0.25) is 48.1 Å². The summed E-state index contributed by atoms with van der Waals surface area (Å²) < 4.78 is 42.1. The Morgan fingerprint density at radius 2 is 1.11 bits per heavy atom. The fraction of sp³-hybridized carbons (Fsp3) is 0.677. The molecule has 0 unspecified atom stereocenters. The number of nitrogens with one attached hydrogen (secondary N) is 6. The number of Topliss-reactive ketones (excluding diaryl/α,β-unsaturated/α-hetero) is 3. The molecule has 18 atom stereocenters. The fourth-order valence-corrected chi connectivity index (χ4v) is 17.4. The number of urea groups is 1. The molecule has 29 heteroatoms. The average molecular weight is 1750 g/mol. The van der Waals surface area contributed by atoms with Gasteiger partial charge in [-0.2, -0.15) is 0 Å². The molecular weight excluding hydrogens is 1600 g/mol. The van der Waals surface area contributed by atoms with Crippen molar-refractivity contribution < 1.29 is 96.1 Å². The zero-order valence-electron chi connectivity index (χ0n) is 74.2. The summed E-state index contributed by atoms with van der Waals surface area (Å²) in [6.07, 6.45) is 28.0. The first kappa shape index (κ1) is 104. The molecule has 1 aromatic carbocycles. The van der Waals surface area contributed by atoms with Crippen LogP contribution in [-0.2, 0) is 82.9 Å². The summed E-state index contributed by atoms with van der Waals surface area (Å²) in [7, 11) is 0. The van der Waals surface area contributed by atoms with Crippen LogP contribution in [0.3, 0.4) is 0 Å². The van der Waals surface area contributed by atoms with Gasteiger partial charge >= 0.3 is 12.1 Å². The van der Waals surface area contributed by atoms with Gasteiger partial charge in [0.25, 0.3) is 11.8 Å². The number of allylic oxidation sites excluding steroid dienone is 6. The number of imide groups is 1. The summed E-state index contributed by atoms with van der Waals surface area (Å²) >= 11 is 0. The molecule has 9 amide bonds. The molecule has 9 aliphatic rings. The highest BCUT2D eigenvalue weighted by Gasteiger charge is 2.60. The van der Waals surface area contributed by atoms with E-state index in [0.717, 1.165) is 48.2 Å². The van der Waals surface area contributed by atoms with Crippen molar-refractivity contribution in [3.63, 3.8) is 0 Å². The van der Waals surface area contributed by atoms with Gasteiger partial charge in [0.1, 0.15) is 53.8 Å². The summed E-state index contributed by atoms with van der Waals surface area (Å²) in [6, 6.07) is 5.17. The third-order valence-electron chi connectivity index (χ3n) is 25.1. The maximum Gasteiger partial charge on any atom is 0.407 e. The summed E-state index contributed by atoms with van der Waals surface area (Å²) in [4.78, 5) is 140. The maximum absolute atomic E-state index is 13.7. The van der Waals surface area contributed by atoms with Crippen LogP contribution in [0.15, 0.2) is 108 Å². The lowest BCUT2D eigenvalue weighted by atomic mass is 9.76. The highest BCUT2D eigenvalue weighted by molar-refractivity contribution is 6.12. The number of hydrogen-bond acceptors (Lipinski definition) is 21. The third-order valence-corrected chi connectivity index (χ3v) is 25.1. The number of nitrogens with two attached hydrogens (primary N) is 2. The Morgan fingerprint density at radius 3 is 1.57 bits per heavy atom. The number of aliphatic hydroxyl groups excluding tert-OH is 2. The summed E-state index contributed by atoms with van der Waals surface area (Å²) in [6.45, 7) is 25.4. The van der Waals surface area contributed by atoms with Crippen molar-refractivity contribution in [2.45, 2.75) is 342 Å². The van der Waals surface area contributed by atoms with Gasteiger partial charge in [0, 0.05) is 100 Å². The predicted molar refractivity (Wildman–Crippen MR) is 478 cm³/mol. The lowest BCUT2D eigenvalue weighted by molar-refractivity contribution is -0.145. The Bertz CT molecular complexity index is 3980. The van der Waals surface area contributed by atoms with E-state index in [-0.39, 0.29) is 180 Å². The van der Waals surface area contributed by atoms with Crippen molar-refractivity contribution in [1.29, 1.82) is 0 Å². The van der Waals surface area contributed by atoms with E-state index in [0.29, 0.717) is 125 Å². The molecule has 6 saturated heterocycles. The molecule has 2 spiro atoms. The number of alkyl carbamates (subject to hydrolysis) is 1. The predicted octanol–water partition coefficient (Wildman–Crippen LogP) is 11.4. The van der Waals surface area contributed by atoms with E-state index in [1.165, 1.54) is 12.2 Å². The van der Waals surface area contributed by atoms with Gasteiger partial charge in [-0.15, -0.1) is 0 Å². The monoisotopic (exact) mass is 1750 g/mol.